The van der Waals surface area contributed by atoms with Gasteiger partial charge in [0.25, 0.3) is 0 Å². The fourth-order valence-corrected chi connectivity index (χ4v) is 2.16. The highest BCUT2D eigenvalue weighted by molar-refractivity contribution is 5.61. The molecule has 4 heteroatoms. The Morgan fingerprint density at radius 3 is 2.30 bits per heavy atom. The van der Waals surface area contributed by atoms with Gasteiger partial charge in [-0.1, -0.05) is 18.2 Å². The Labute approximate surface area is 136 Å². The minimum atomic E-state index is 0.0864. The number of hydrogen-bond donors (Lipinski definition) is 0. The summed E-state index contributed by atoms with van der Waals surface area (Å²) in [7, 11) is 3.99. The van der Waals surface area contributed by atoms with Crippen molar-refractivity contribution in [1.29, 1.82) is 10.5 Å². The molecule has 0 fully saturated rings. The molecule has 23 heavy (non-hydrogen) atoms. The van der Waals surface area contributed by atoms with Gasteiger partial charge in [-0.15, -0.1) is 0 Å². The number of nitriles is 2. The second kappa shape index (κ2) is 7.15. The molecule has 0 N–H and O–H groups in total. The summed E-state index contributed by atoms with van der Waals surface area (Å²) in [4.78, 5) is 2.04. The standard InChI is InChI=1S/C19H17N3O/c1-14-18(16(12-20)13-21)10-11-23-19(14)9-6-15-4-7-17(8-5-15)22(2)3/h4-11H,1-3H3. The molecule has 0 atom stereocenters. The van der Waals surface area contributed by atoms with Gasteiger partial charge in [-0.2, -0.15) is 10.5 Å². The van der Waals surface area contributed by atoms with Crippen molar-refractivity contribution in [2.75, 3.05) is 19.0 Å². The third kappa shape index (κ3) is 3.70. The predicted molar refractivity (Wildman–Crippen MR) is 91.0 cm³/mol. The fraction of sp³-hybridized carbons (Fsp3) is 0.158. The van der Waals surface area contributed by atoms with Crippen LogP contribution in [0.2, 0.25) is 0 Å². The minimum Gasteiger partial charge on any atom is -0.465 e. The summed E-state index contributed by atoms with van der Waals surface area (Å²) in [6, 6.07) is 11.9. The quantitative estimate of drug-likeness (QED) is 0.794. The maximum absolute atomic E-state index is 9.01. The molecule has 0 saturated carbocycles. The summed E-state index contributed by atoms with van der Waals surface area (Å²) in [5.41, 5.74) is 3.63. The molecule has 1 aromatic carbocycles. The van der Waals surface area contributed by atoms with Crippen molar-refractivity contribution in [3.05, 3.63) is 70.7 Å². The van der Waals surface area contributed by atoms with E-state index in [4.69, 9.17) is 15.3 Å². The number of anilines is 1. The topological polar surface area (TPSA) is 60.0 Å². The highest BCUT2D eigenvalue weighted by Gasteiger charge is 2.13. The van der Waals surface area contributed by atoms with Gasteiger partial charge < -0.3 is 9.64 Å². The van der Waals surface area contributed by atoms with Gasteiger partial charge in [-0.3, -0.25) is 0 Å². The van der Waals surface area contributed by atoms with E-state index < -0.39 is 0 Å². The molecule has 1 aliphatic heterocycles. The molecular formula is C19H17N3O. The zero-order chi connectivity index (χ0) is 16.8. The van der Waals surface area contributed by atoms with E-state index in [0.717, 1.165) is 16.8 Å². The van der Waals surface area contributed by atoms with Crippen LogP contribution in [-0.2, 0) is 4.74 Å². The molecule has 0 saturated heterocycles. The van der Waals surface area contributed by atoms with Crippen LogP contribution in [0.3, 0.4) is 0 Å². The van der Waals surface area contributed by atoms with Crippen molar-refractivity contribution in [2.24, 2.45) is 0 Å². The molecule has 0 unspecified atom stereocenters. The summed E-state index contributed by atoms with van der Waals surface area (Å²) < 4.78 is 5.49. The van der Waals surface area contributed by atoms with E-state index in [1.54, 1.807) is 6.08 Å². The van der Waals surface area contributed by atoms with Crippen LogP contribution in [0.4, 0.5) is 5.69 Å². The zero-order valence-electron chi connectivity index (χ0n) is 13.4. The molecule has 0 amide bonds. The first kappa shape index (κ1) is 16.1. The molecule has 0 aliphatic carbocycles. The lowest BCUT2D eigenvalue weighted by Crippen LogP contribution is -2.07. The lowest BCUT2D eigenvalue weighted by molar-refractivity contribution is 0.359. The van der Waals surface area contributed by atoms with Gasteiger partial charge in [0.05, 0.1) is 6.26 Å². The van der Waals surface area contributed by atoms with Crippen LogP contribution in [0, 0.1) is 22.7 Å². The molecule has 0 bridgehead atoms. The number of rotatable bonds is 3. The Morgan fingerprint density at radius 2 is 1.74 bits per heavy atom. The van der Waals surface area contributed by atoms with E-state index in [1.165, 1.54) is 6.26 Å². The highest BCUT2D eigenvalue weighted by Crippen LogP contribution is 2.26. The number of benzene rings is 1. The molecular weight excluding hydrogens is 286 g/mol. The third-order valence-corrected chi connectivity index (χ3v) is 3.53. The van der Waals surface area contributed by atoms with Crippen LogP contribution >= 0.6 is 0 Å². The van der Waals surface area contributed by atoms with Crippen molar-refractivity contribution in [1.82, 2.24) is 0 Å². The number of hydrogen-bond acceptors (Lipinski definition) is 4. The second-order valence-electron chi connectivity index (χ2n) is 5.24. The Hall–Kier alpha value is -3.24. The molecule has 0 aromatic heterocycles. The monoisotopic (exact) mass is 303 g/mol. The first-order valence-electron chi connectivity index (χ1n) is 7.11. The average Bonchev–Trinajstić information content (AvgIpc) is 2.56. The molecule has 2 rings (SSSR count). The van der Waals surface area contributed by atoms with Crippen molar-refractivity contribution in [3.8, 4) is 12.1 Å². The minimum absolute atomic E-state index is 0.0864. The normalized spacial score (nSPS) is 13.5. The first-order chi connectivity index (χ1) is 11.1. The first-order valence-corrected chi connectivity index (χ1v) is 7.11. The van der Waals surface area contributed by atoms with Gasteiger partial charge in [0.2, 0.25) is 0 Å². The van der Waals surface area contributed by atoms with Crippen molar-refractivity contribution in [2.45, 2.75) is 6.92 Å². The van der Waals surface area contributed by atoms with Crippen LogP contribution in [0.25, 0.3) is 6.08 Å². The van der Waals surface area contributed by atoms with Gasteiger partial charge in [0, 0.05) is 30.9 Å². The van der Waals surface area contributed by atoms with Crippen molar-refractivity contribution < 1.29 is 4.74 Å². The number of ether oxygens (including phenoxy) is 1. The van der Waals surface area contributed by atoms with E-state index in [0.29, 0.717) is 11.3 Å². The second-order valence-corrected chi connectivity index (χ2v) is 5.24. The zero-order valence-corrected chi connectivity index (χ0v) is 13.4. The van der Waals surface area contributed by atoms with Crippen LogP contribution < -0.4 is 4.90 Å². The third-order valence-electron chi connectivity index (χ3n) is 3.53. The lowest BCUT2D eigenvalue weighted by Gasteiger charge is -2.14. The molecule has 114 valence electrons. The van der Waals surface area contributed by atoms with E-state index in [-0.39, 0.29) is 5.57 Å². The van der Waals surface area contributed by atoms with Gasteiger partial charge in [0.1, 0.15) is 23.5 Å². The van der Waals surface area contributed by atoms with Gasteiger partial charge >= 0.3 is 0 Å². The van der Waals surface area contributed by atoms with Crippen LogP contribution in [0.15, 0.2) is 65.2 Å². The SMILES string of the molecule is CC1=C(C=Cc2ccc(N(C)C)cc2)OC=CC1=C(C#N)C#N. The Kier molecular flexibility index (Phi) is 5.02. The lowest BCUT2D eigenvalue weighted by atomic mass is 9.99. The Bertz CT molecular complexity index is 779. The van der Waals surface area contributed by atoms with E-state index in [9.17, 15) is 0 Å². The highest BCUT2D eigenvalue weighted by atomic mass is 16.5. The van der Waals surface area contributed by atoms with Gasteiger partial charge in [-0.05, 0) is 36.8 Å². The Balaban J connectivity index is 2.29. The molecule has 0 radical (unpaired) electrons. The average molecular weight is 303 g/mol. The molecule has 1 aromatic rings. The van der Waals surface area contributed by atoms with Crippen LogP contribution in [0.1, 0.15) is 12.5 Å². The number of allylic oxidation sites excluding steroid dienone is 5. The molecule has 1 aliphatic rings. The summed E-state index contributed by atoms with van der Waals surface area (Å²) in [6.07, 6.45) is 6.91. The van der Waals surface area contributed by atoms with Crippen molar-refractivity contribution >= 4 is 11.8 Å². The molecule has 1 heterocycles. The predicted octanol–water partition coefficient (Wildman–Crippen LogP) is 3.93. The fourth-order valence-electron chi connectivity index (χ4n) is 2.16. The van der Waals surface area contributed by atoms with Crippen LogP contribution in [0.5, 0.6) is 0 Å². The van der Waals surface area contributed by atoms with Gasteiger partial charge in [0.15, 0.2) is 0 Å². The van der Waals surface area contributed by atoms with E-state index in [1.807, 2.05) is 74.5 Å². The molecule has 4 nitrogen and oxygen atoms in total. The van der Waals surface area contributed by atoms with Crippen molar-refractivity contribution in [3.63, 3.8) is 0 Å². The van der Waals surface area contributed by atoms with E-state index >= 15 is 0 Å². The maximum atomic E-state index is 9.01. The van der Waals surface area contributed by atoms with Gasteiger partial charge in [-0.25, -0.2) is 0 Å². The van der Waals surface area contributed by atoms with Crippen LogP contribution in [-0.4, -0.2) is 14.1 Å². The smallest absolute Gasteiger partial charge is 0.137 e. The largest absolute Gasteiger partial charge is 0.465 e. The summed E-state index contributed by atoms with van der Waals surface area (Å²) >= 11 is 0. The van der Waals surface area contributed by atoms with E-state index in [2.05, 4.69) is 0 Å². The summed E-state index contributed by atoms with van der Waals surface area (Å²) in [5.74, 6) is 0.627. The number of nitrogens with zero attached hydrogens (tertiary/aromatic N) is 3. The Morgan fingerprint density at radius 1 is 1.09 bits per heavy atom. The summed E-state index contributed by atoms with van der Waals surface area (Å²) in [6.45, 7) is 1.84. The maximum Gasteiger partial charge on any atom is 0.137 e. The molecule has 0 spiro atoms. The summed E-state index contributed by atoms with van der Waals surface area (Å²) in [5, 5.41) is 18.0.